The van der Waals surface area contributed by atoms with Crippen molar-refractivity contribution in [1.29, 1.82) is 0 Å². The van der Waals surface area contributed by atoms with Gasteiger partial charge >= 0.3 is 0 Å². The minimum Gasteiger partial charge on any atom is -0.396 e. The Kier molecular flexibility index (Phi) is 3.23. The van der Waals surface area contributed by atoms with Gasteiger partial charge in [-0.2, -0.15) is 0 Å². The zero-order chi connectivity index (χ0) is 14.2. The molecule has 0 radical (unpaired) electrons. The molecule has 1 aliphatic rings. The van der Waals surface area contributed by atoms with Gasteiger partial charge in [0.1, 0.15) is 5.65 Å². The van der Waals surface area contributed by atoms with E-state index < -0.39 is 0 Å². The monoisotopic (exact) mass is 272 g/mol. The molecule has 3 N–H and O–H groups in total. The topological polar surface area (TPSA) is 64.2 Å². The van der Waals surface area contributed by atoms with Crippen molar-refractivity contribution in [2.45, 2.75) is 25.8 Å². The van der Waals surface area contributed by atoms with Crippen molar-refractivity contribution >= 4 is 16.6 Å². The molecule has 2 aromatic heterocycles. The fourth-order valence-electron chi connectivity index (χ4n) is 2.61. The van der Waals surface area contributed by atoms with Crippen molar-refractivity contribution in [3.05, 3.63) is 36.3 Å². The van der Waals surface area contributed by atoms with Gasteiger partial charge in [0.2, 0.25) is 0 Å². The van der Waals surface area contributed by atoms with E-state index in [0.717, 1.165) is 24.0 Å². The van der Waals surface area contributed by atoms with Crippen LogP contribution in [0, 0.1) is 0 Å². The minimum atomic E-state index is -0.110. The molecular weight excluding hydrogens is 252 g/mol. The summed E-state index contributed by atoms with van der Waals surface area (Å²) in [4.78, 5) is 7.46. The van der Waals surface area contributed by atoms with Crippen LogP contribution in [-0.4, -0.2) is 38.8 Å². The number of rotatable bonds is 4. The molecule has 20 heavy (non-hydrogen) atoms. The number of hydrogen-bond acceptors (Lipinski definition) is 4. The second-order valence-corrected chi connectivity index (χ2v) is 5.74. The average molecular weight is 272 g/mol. The number of aliphatic hydroxyl groups excluding tert-OH is 1. The van der Waals surface area contributed by atoms with Crippen molar-refractivity contribution in [2.24, 2.45) is 0 Å². The molecule has 5 heteroatoms. The molecule has 0 aliphatic carbocycles. The lowest BCUT2D eigenvalue weighted by atomic mass is 10.0. The van der Waals surface area contributed by atoms with E-state index in [0.29, 0.717) is 0 Å². The number of nitrogens with one attached hydrogen (secondary N) is 2. The largest absolute Gasteiger partial charge is 0.396 e. The van der Waals surface area contributed by atoms with E-state index in [1.807, 2.05) is 18.5 Å². The van der Waals surface area contributed by atoms with Gasteiger partial charge in [-0.15, -0.1) is 0 Å². The number of fused-ring (bicyclic) bond motifs is 1. The summed E-state index contributed by atoms with van der Waals surface area (Å²) in [5.41, 5.74) is 6.63. The van der Waals surface area contributed by atoms with E-state index in [-0.39, 0.29) is 12.1 Å². The fourth-order valence-corrected chi connectivity index (χ4v) is 2.61. The van der Waals surface area contributed by atoms with Crippen molar-refractivity contribution < 1.29 is 5.11 Å². The number of hydrazine groups is 1. The van der Waals surface area contributed by atoms with E-state index in [9.17, 15) is 5.11 Å². The molecule has 0 bridgehead atoms. The Hall–Kier alpha value is -1.85. The van der Waals surface area contributed by atoms with Crippen molar-refractivity contribution in [3.8, 4) is 0 Å². The lowest BCUT2D eigenvalue weighted by Gasteiger charge is -2.34. The Bertz CT molecular complexity index is 644. The molecule has 0 amide bonds. The van der Waals surface area contributed by atoms with Gasteiger partial charge < -0.3 is 15.1 Å². The van der Waals surface area contributed by atoms with E-state index in [1.54, 1.807) is 0 Å². The predicted octanol–water partition coefficient (Wildman–Crippen LogP) is 1.88. The molecule has 3 rings (SSSR count). The number of aliphatic hydroxyl groups is 1. The van der Waals surface area contributed by atoms with Crippen LogP contribution in [0.25, 0.3) is 16.6 Å². The molecule has 0 saturated heterocycles. The first-order valence-corrected chi connectivity index (χ1v) is 6.89. The van der Waals surface area contributed by atoms with Crippen LogP contribution >= 0.6 is 0 Å². The number of hydrogen-bond donors (Lipinski definition) is 3. The molecule has 2 aromatic rings. The van der Waals surface area contributed by atoms with E-state index in [4.69, 9.17) is 0 Å². The van der Waals surface area contributed by atoms with Crippen LogP contribution in [0.15, 0.2) is 30.7 Å². The Balaban J connectivity index is 1.94. The average Bonchev–Trinajstić information content (AvgIpc) is 3.07. The number of H-pyrrole nitrogens is 1. The van der Waals surface area contributed by atoms with Gasteiger partial charge in [0.15, 0.2) is 0 Å². The number of pyridine rings is 1. The first-order chi connectivity index (χ1) is 9.62. The Morgan fingerprint density at radius 2 is 2.25 bits per heavy atom. The highest BCUT2D eigenvalue weighted by Gasteiger charge is 2.28. The van der Waals surface area contributed by atoms with Crippen LogP contribution in [0.5, 0.6) is 0 Å². The number of aromatic amines is 1. The zero-order valence-electron chi connectivity index (χ0n) is 11.8. The molecule has 0 unspecified atom stereocenters. The van der Waals surface area contributed by atoms with Crippen LogP contribution in [0.3, 0.4) is 0 Å². The van der Waals surface area contributed by atoms with E-state index in [1.165, 1.54) is 11.1 Å². The molecule has 0 fully saturated rings. The second-order valence-electron chi connectivity index (χ2n) is 5.74. The predicted molar refractivity (Wildman–Crippen MR) is 79.7 cm³/mol. The third kappa shape index (κ3) is 2.19. The molecule has 5 nitrogen and oxygen atoms in total. The summed E-state index contributed by atoms with van der Waals surface area (Å²) in [7, 11) is 0. The second kappa shape index (κ2) is 4.92. The summed E-state index contributed by atoms with van der Waals surface area (Å²) in [6.07, 6.45) is 6.60. The van der Waals surface area contributed by atoms with Gasteiger partial charge in [0, 0.05) is 37.1 Å². The summed E-state index contributed by atoms with van der Waals surface area (Å²) < 4.78 is 0. The Morgan fingerprint density at radius 3 is 3.05 bits per heavy atom. The standard InChI is InChI=1S/C15H20N4O/c1-15(2,5-8-20)19-10-11(9-18-19)12-3-6-16-14-13(12)4-7-17-14/h3-4,6-7,10,18,20H,5,8-9H2,1-2H3,(H,16,17). The van der Waals surface area contributed by atoms with Gasteiger partial charge in [-0.3, -0.25) is 0 Å². The quantitative estimate of drug-likeness (QED) is 0.795. The summed E-state index contributed by atoms with van der Waals surface area (Å²) in [5.74, 6) is 0. The highest BCUT2D eigenvalue weighted by atomic mass is 16.3. The van der Waals surface area contributed by atoms with Crippen LogP contribution in [0.1, 0.15) is 25.8 Å². The third-order valence-electron chi connectivity index (χ3n) is 3.91. The molecular formula is C15H20N4O. The molecule has 0 saturated carbocycles. The van der Waals surface area contributed by atoms with Crippen LogP contribution in [0.4, 0.5) is 0 Å². The molecule has 0 spiro atoms. The number of aromatic nitrogens is 2. The first-order valence-electron chi connectivity index (χ1n) is 6.89. The van der Waals surface area contributed by atoms with Crippen molar-refractivity contribution in [1.82, 2.24) is 20.4 Å². The van der Waals surface area contributed by atoms with Crippen molar-refractivity contribution in [2.75, 3.05) is 13.2 Å². The minimum absolute atomic E-state index is 0.110. The number of nitrogens with zero attached hydrogens (tertiary/aromatic N) is 2. The van der Waals surface area contributed by atoms with Gasteiger partial charge in [0.05, 0.1) is 5.54 Å². The van der Waals surface area contributed by atoms with Gasteiger partial charge in [-0.1, -0.05) is 0 Å². The molecule has 1 aliphatic heterocycles. The van der Waals surface area contributed by atoms with Crippen LogP contribution in [0.2, 0.25) is 0 Å². The van der Waals surface area contributed by atoms with Crippen LogP contribution < -0.4 is 5.43 Å². The molecule has 106 valence electrons. The maximum atomic E-state index is 9.17. The smallest absolute Gasteiger partial charge is 0.137 e. The van der Waals surface area contributed by atoms with E-state index in [2.05, 4.69) is 46.5 Å². The Morgan fingerprint density at radius 1 is 1.40 bits per heavy atom. The SMILES string of the molecule is CC(C)(CCO)N1C=C(c2ccnc3[nH]ccc23)CN1. The summed E-state index contributed by atoms with van der Waals surface area (Å²) in [6.45, 7) is 5.22. The van der Waals surface area contributed by atoms with Gasteiger partial charge in [-0.25, -0.2) is 10.4 Å². The third-order valence-corrected chi connectivity index (χ3v) is 3.91. The highest BCUT2D eigenvalue weighted by molar-refractivity contribution is 5.90. The maximum Gasteiger partial charge on any atom is 0.137 e. The summed E-state index contributed by atoms with van der Waals surface area (Å²) in [5, 5.41) is 12.4. The highest BCUT2D eigenvalue weighted by Crippen LogP contribution is 2.28. The lowest BCUT2D eigenvalue weighted by Crippen LogP contribution is -2.46. The summed E-state index contributed by atoms with van der Waals surface area (Å²) in [6, 6.07) is 4.10. The first kappa shape index (κ1) is 13.1. The maximum absolute atomic E-state index is 9.17. The lowest BCUT2D eigenvalue weighted by molar-refractivity contribution is 0.104. The normalized spacial score (nSPS) is 15.9. The van der Waals surface area contributed by atoms with Gasteiger partial charge in [0.25, 0.3) is 0 Å². The van der Waals surface area contributed by atoms with Crippen molar-refractivity contribution in [3.63, 3.8) is 0 Å². The molecule has 3 heterocycles. The van der Waals surface area contributed by atoms with Gasteiger partial charge in [-0.05, 0) is 43.5 Å². The zero-order valence-corrected chi connectivity index (χ0v) is 11.8. The van der Waals surface area contributed by atoms with Crippen LogP contribution in [-0.2, 0) is 0 Å². The fraction of sp³-hybridized carbons (Fsp3) is 0.400. The molecule has 0 aromatic carbocycles. The Labute approximate surface area is 118 Å². The van der Waals surface area contributed by atoms with E-state index >= 15 is 0 Å². The summed E-state index contributed by atoms with van der Waals surface area (Å²) >= 11 is 0. The molecule has 0 atom stereocenters.